The van der Waals surface area contributed by atoms with Crippen molar-refractivity contribution in [2.24, 2.45) is 5.73 Å². The normalized spacial score (nSPS) is 12.7. The first-order valence-electron chi connectivity index (χ1n) is 2.78. The molecular weight excluding hydrogens is 134 g/mol. The minimum Gasteiger partial charge on any atom is -0.512 e. The Labute approximate surface area is 60.4 Å². The molecule has 0 heterocycles. The fourth-order valence-electron chi connectivity index (χ4n) is 0.608. The Bertz CT molecular complexity index is 147. The highest BCUT2D eigenvalue weighted by atomic mass is 32.1. The molecule has 0 rings (SSSR count). The third-order valence-corrected chi connectivity index (χ3v) is 1.33. The summed E-state index contributed by atoms with van der Waals surface area (Å²) in [5.74, 6) is 0.227. The van der Waals surface area contributed by atoms with Gasteiger partial charge in [0.2, 0.25) is 0 Å². The molecule has 9 heavy (non-hydrogen) atoms. The lowest BCUT2D eigenvalue weighted by Crippen LogP contribution is -2.12. The molecule has 2 nitrogen and oxygen atoms in total. The first-order valence-corrected chi connectivity index (χ1v) is 3.19. The van der Waals surface area contributed by atoms with Gasteiger partial charge in [0, 0.05) is 5.57 Å². The Balaban J connectivity index is 4.35. The second-order valence-corrected chi connectivity index (χ2v) is 2.22. The summed E-state index contributed by atoms with van der Waals surface area (Å²) in [4.78, 5) is 0.289. The zero-order chi connectivity index (χ0) is 7.44. The summed E-state index contributed by atoms with van der Waals surface area (Å²) < 4.78 is 0. The molecule has 0 aliphatic rings. The van der Waals surface area contributed by atoms with Gasteiger partial charge in [-0.15, -0.1) is 0 Å². The van der Waals surface area contributed by atoms with Crippen molar-refractivity contribution < 1.29 is 5.11 Å². The molecule has 0 aromatic heterocycles. The highest BCUT2D eigenvalue weighted by Gasteiger charge is 2.00. The molecule has 0 radical (unpaired) electrons. The molecule has 3 heteroatoms. The summed E-state index contributed by atoms with van der Waals surface area (Å²) in [6.45, 7) is 3.48. The van der Waals surface area contributed by atoms with Gasteiger partial charge in [-0.05, 0) is 13.3 Å². The SMILES string of the molecule is CC/C(C(N)=S)=C(\C)O. The number of hydrogen-bond donors (Lipinski definition) is 2. The van der Waals surface area contributed by atoms with E-state index in [-0.39, 0.29) is 10.7 Å². The van der Waals surface area contributed by atoms with E-state index in [1.54, 1.807) is 6.92 Å². The van der Waals surface area contributed by atoms with Gasteiger partial charge in [-0.3, -0.25) is 0 Å². The molecule has 0 aromatic carbocycles. The van der Waals surface area contributed by atoms with Crippen LogP contribution in [0.2, 0.25) is 0 Å². The van der Waals surface area contributed by atoms with Gasteiger partial charge < -0.3 is 10.8 Å². The number of nitrogens with two attached hydrogens (primary N) is 1. The minimum atomic E-state index is 0.227. The summed E-state index contributed by atoms with van der Waals surface area (Å²) in [5, 5.41) is 8.89. The maximum absolute atomic E-state index is 8.89. The van der Waals surface area contributed by atoms with E-state index in [0.29, 0.717) is 12.0 Å². The van der Waals surface area contributed by atoms with Crippen molar-refractivity contribution >= 4 is 17.2 Å². The van der Waals surface area contributed by atoms with Crippen LogP contribution in [0, 0.1) is 0 Å². The van der Waals surface area contributed by atoms with Gasteiger partial charge in [0.1, 0.15) is 4.99 Å². The summed E-state index contributed by atoms with van der Waals surface area (Å²) in [6, 6.07) is 0. The largest absolute Gasteiger partial charge is 0.512 e. The van der Waals surface area contributed by atoms with Gasteiger partial charge in [-0.1, -0.05) is 19.1 Å². The van der Waals surface area contributed by atoms with Crippen LogP contribution < -0.4 is 5.73 Å². The maximum Gasteiger partial charge on any atom is 0.103 e. The third kappa shape index (κ3) is 2.46. The Morgan fingerprint density at radius 2 is 2.11 bits per heavy atom. The van der Waals surface area contributed by atoms with E-state index < -0.39 is 0 Å². The summed E-state index contributed by atoms with van der Waals surface area (Å²) in [6.07, 6.45) is 0.692. The smallest absolute Gasteiger partial charge is 0.103 e. The Hall–Kier alpha value is -0.570. The molecule has 52 valence electrons. The van der Waals surface area contributed by atoms with Crippen molar-refractivity contribution in [2.75, 3.05) is 0 Å². The Morgan fingerprint density at radius 1 is 1.67 bits per heavy atom. The second-order valence-electron chi connectivity index (χ2n) is 1.78. The van der Waals surface area contributed by atoms with Crippen molar-refractivity contribution in [3.63, 3.8) is 0 Å². The predicted molar refractivity (Wildman–Crippen MR) is 42.4 cm³/mol. The van der Waals surface area contributed by atoms with Crippen LogP contribution in [0.4, 0.5) is 0 Å². The third-order valence-electron chi connectivity index (χ3n) is 1.09. The lowest BCUT2D eigenvalue weighted by atomic mass is 10.2. The number of rotatable bonds is 2. The van der Waals surface area contributed by atoms with Crippen LogP contribution in [-0.2, 0) is 0 Å². The number of thiocarbonyl (C=S) groups is 1. The van der Waals surface area contributed by atoms with Crippen LogP contribution in [-0.4, -0.2) is 10.1 Å². The standard InChI is InChI=1S/C6H11NOS/c1-3-5(4(2)8)6(7)9/h8H,3H2,1-2H3,(H2,7,9)/b5-4-. The van der Waals surface area contributed by atoms with Crippen molar-refractivity contribution in [3.8, 4) is 0 Å². The van der Waals surface area contributed by atoms with E-state index >= 15 is 0 Å². The molecule has 0 bridgehead atoms. The number of aliphatic hydroxyl groups excluding tert-OH is 1. The van der Waals surface area contributed by atoms with E-state index in [4.69, 9.17) is 10.8 Å². The fraction of sp³-hybridized carbons (Fsp3) is 0.500. The first kappa shape index (κ1) is 8.43. The van der Waals surface area contributed by atoms with E-state index in [0.717, 1.165) is 0 Å². The molecule has 0 amide bonds. The molecule has 0 saturated heterocycles. The van der Waals surface area contributed by atoms with Crippen LogP contribution >= 0.6 is 12.2 Å². The quantitative estimate of drug-likeness (QED) is 0.352. The monoisotopic (exact) mass is 145 g/mol. The van der Waals surface area contributed by atoms with Crippen molar-refractivity contribution in [1.82, 2.24) is 0 Å². The summed E-state index contributed by atoms with van der Waals surface area (Å²) >= 11 is 4.65. The van der Waals surface area contributed by atoms with Gasteiger partial charge in [0.05, 0.1) is 5.76 Å². The van der Waals surface area contributed by atoms with Crippen LogP contribution in [0.15, 0.2) is 11.3 Å². The van der Waals surface area contributed by atoms with E-state index in [9.17, 15) is 0 Å². The van der Waals surface area contributed by atoms with Gasteiger partial charge >= 0.3 is 0 Å². The van der Waals surface area contributed by atoms with Gasteiger partial charge in [0.25, 0.3) is 0 Å². The molecule has 0 saturated carbocycles. The highest BCUT2D eigenvalue weighted by Crippen LogP contribution is 2.04. The summed E-state index contributed by atoms with van der Waals surface area (Å²) in [5.41, 5.74) is 5.93. The average molecular weight is 145 g/mol. The lowest BCUT2D eigenvalue weighted by Gasteiger charge is -2.00. The average Bonchev–Trinajstić information content (AvgIpc) is 1.64. The molecule has 0 aromatic rings. The molecule has 0 atom stereocenters. The molecule has 0 spiro atoms. The number of hydrogen-bond acceptors (Lipinski definition) is 2. The van der Waals surface area contributed by atoms with Crippen molar-refractivity contribution in [1.29, 1.82) is 0 Å². The zero-order valence-electron chi connectivity index (χ0n) is 5.64. The molecule has 3 N–H and O–H groups in total. The molecule has 0 unspecified atom stereocenters. The molecule has 0 aliphatic heterocycles. The first-order chi connectivity index (χ1) is 4.09. The van der Waals surface area contributed by atoms with E-state index in [1.807, 2.05) is 6.92 Å². The van der Waals surface area contributed by atoms with Crippen LogP contribution in [0.3, 0.4) is 0 Å². The van der Waals surface area contributed by atoms with Crippen LogP contribution in [0.25, 0.3) is 0 Å². The zero-order valence-corrected chi connectivity index (χ0v) is 6.46. The van der Waals surface area contributed by atoms with Gasteiger partial charge in [-0.25, -0.2) is 0 Å². The molecule has 0 fully saturated rings. The Morgan fingerprint density at radius 3 is 2.11 bits per heavy atom. The fourth-order valence-corrected chi connectivity index (χ4v) is 0.900. The summed E-state index contributed by atoms with van der Waals surface area (Å²) in [7, 11) is 0. The van der Waals surface area contributed by atoms with E-state index in [1.165, 1.54) is 0 Å². The molecular formula is C6H11NOS. The second kappa shape index (κ2) is 3.45. The van der Waals surface area contributed by atoms with Gasteiger partial charge in [-0.2, -0.15) is 0 Å². The maximum atomic E-state index is 8.89. The highest BCUT2D eigenvalue weighted by molar-refractivity contribution is 7.80. The van der Waals surface area contributed by atoms with Crippen molar-refractivity contribution in [2.45, 2.75) is 20.3 Å². The predicted octanol–water partition coefficient (Wildman–Crippen LogP) is 1.51. The minimum absolute atomic E-state index is 0.227. The number of allylic oxidation sites excluding steroid dienone is 1. The number of aliphatic hydroxyl groups is 1. The van der Waals surface area contributed by atoms with Crippen LogP contribution in [0.5, 0.6) is 0 Å². The van der Waals surface area contributed by atoms with Crippen LogP contribution in [0.1, 0.15) is 20.3 Å². The van der Waals surface area contributed by atoms with Crippen molar-refractivity contribution in [3.05, 3.63) is 11.3 Å². The Kier molecular flexibility index (Phi) is 3.24. The van der Waals surface area contributed by atoms with Gasteiger partial charge in [0.15, 0.2) is 0 Å². The topological polar surface area (TPSA) is 46.2 Å². The van der Waals surface area contributed by atoms with E-state index in [2.05, 4.69) is 12.2 Å². The lowest BCUT2D eigenvalue weighted by molar-refractivity contribution is 0.408. The molecule has 0 aliphatic carbocycles.